The number of aliphatic hydroxyl groups is 1. The van der Waals surface area contributed by atoms with E-state index < -0.39 is 0 Å². The van der Waals surface area contributed by atoms with Crippen molar-refractivity contribution < 1.29 is 9.84 Å². The summed E-state index contributed by atoms with van der Waals surface area (Å²) < 4.78 is 5.57. The van der Waals surface area contributed by atoms with Gasteiger partial charge < -0.3 is 15.2 Å². The summed E-state index contributed by atoms with van der Waals surface area (Å²) in [6.45, 7) is 7.33. The second-order valence-electron chi connectivity index (χ2n) is 4.76. The molecule has 2 heterocycles. The highest BCUT2D eigenvalue weighted by molar-refractivity contribution is 4.95. The first kappa shape index (κ1) is 11.3. The van der Waals surface area contributed by atoms with Crippen LogP contribution in [0.4, 0.5) is 0 Å². The lowest BCUT2D eigenvalue weighted by Gasteiger charge is -2.48. The fourth-order valence-electron chi connectivity index (χ4n) is 2.82. The first-order valence-electron chi connectivity index (χ1n) is 5.95. The molecule has 0 bridgehead atoms. The fourth-order valence-corrected chi connectivity index (χ4v) is 2.82. The minimum Gasteiger partial charge on any atom is -0.394 e. The molecule has 0 aromatic carbocycles. The summed E-state index contributed by atoms with van der Waals surface area (Å²) in [6.07, 6.45) is 2.21. The second kappa shape index (κ2) is 4.78. The minimum absolute atomic E-state index is 0.0141. The zero-order valence-electron chi connectivity index (χ0n) is 9.54. The van der Waals surface area contributed by atoms with Crippen LogP contribution in [-0.2, 0) is 4.74 Å². The topological polar surface area (TPSA) is 44.7 Å². The summed E-state index contributed by atoms with van der Waals surface area (Å²) in [7, 11) is 0. The van der Waals surface area contributed by atoms with Gasteiger partial charge in [-0.2, -0.15) is 0 Å². The van der Waals surface area contributed by atoms with Crippen LogP contribution >= 0.6 is 0 Å². The molecule has 4 nitrogen and oxygen atoms in total. The Balaban J connectivity index is 2.04. The third-order valence-electron chi connectivity index (χ3n) is 3.72. The summed E-state index contributed by atoms with van der Waals surface area (Å²) in [5, 5.41) is 13.0. The molecule has 0 saturated carbocycles. The molecule has 0 radical (unpaired) electrons. The van der Waals surface area contributed by atoms with E-state index in [0.29, 0.717) is 0 Å². The predicted molar refractivity (Wildman–Crippen MR) is 58.9 cm³/mol. The maximum atomic E-state index is 9.69. The van der Waals surface area contributed by atoms with Gasteiger partial charge in [0.1, 0.15) is 0 Å². The van der Waals surface area contributed by atoms with Crippen molar-refractivity contribution in [3.05, 3.63) is 0 Å². The first-order valence-corrected chi connectivity index (χ1v) is 5.95. The predicted octanol–water partition coefficient (Wildman–Crippen LogP) is -0.178. The van der Waals surface area contributed by atoms with E-state index in [4.69, 9.17) is 4.74 Å². The Labute approximate surface area is 91.6 Å². The quantitative estimate of drug-likeness (QED) is 0.669. The largest absolute Gasteiger partial charge is 0.394 e. The molecule has 0 aromatic rings. The van der Waals surface area contributed by atoms with Gasteiger partial charge in [0.2, 0.25) is 0 Å². The molecule has 2 aliphatic rings. The number of aliphatic hydroxyl groups excluding tert-OH is 1. The molecule has 2 unspecified atom stereocenters. The third kappa shape index (κ3) is 2.33. The van der Waals surface area contributed by atoms with Crippen molar-refractivity contribution >= 4 is 0 Å². The SMILES string of the molecule is CC1CC(CO)(N2CCNCC2)CCO1. The lowest BCUT2D eigenvalue weighted by Crippen LogP contribution is -2.61. The highest BCUT2D eigenvalue weighted by Gasteiger charge is 2.40. The smallest absolute Gasteiger partial charge is 0.0617 e. The summed E-state index contributed by atoms with van der Waals surface area (Å²) in [6, 6.07) is 0. The van der Waals surface area contributed by atoms with E-state index in [2.05, 4.69) is 17.1 Å². The number of piperazine rings is 1. The molecule has 2 N–H and O–H groups in total. The van der Waals surface area contributed by atoms with Gasteiger partial charge in [0, 0.05) is 38.3 Å². The minimum atomic E-state index is -0.0141. The van der Waals surface area contributed by atoms with Gasteiger partial charge in [0.25, 0.3) is 0 Å². The summed E-state index contributed by atoms with van der Waals surface area (Å²) in [5.74, 6) is 0. The van der Waals surface area contributed by atoms with Gasteiger partial charge in [-0.25, -0.2) is 0 Å². The molecular formula is C11H22N2O2. The lowest BCUT2D eigenvalue weighted by molar-refractivity contribution is -0.0908. The first-order chi connectivity index (χ1) is 7.27. The van der Waals surface area contributed by atoms with Crippen LogP contribution in [0.1, 0.15) is 19.8 Å². The van der Waals surface area contributed by atoms with Crippen LogP contribution in [0.3, 0.4) is 0 Å². The van der Waals surface area contributed by atoms with Crippen molar-refractivity contribution in [2.75, 3.05) is 39.4 Å². The standard InChI is InChI=1S/C11H22N2O2/c1-10-8-11(9-14,2-7-15-10)13-5-3-12-4-6-13/h10,12,14H,2-9H2,1H3. The van der Waals surface area contributed by atoms with Gasteiger partial charge in [0.05, 0.1) is 12.7 Å². The highest BCUT2D eigenvalue weighted by Crippen LogP contribution is 2.30. The molecule has 0 amide bonds. The molecule has 2 saturated heterocycles. The average Bonchev–Trinajstić information content (AvgIpc) is 2.30. The van der Waals surface area contributed by atoms with E-state index in [0.717, 1.165) is 45.6 Å². The molecule has 4 heteroatoms. The Morgan fingerprint density at radius 2 is 2.20 bits per heavy atom. The normalized spacial score (nSPS) is 39.2. The maximum absolute atomic E-state index is 9.69. The zero-order valence-corrected chi connectivity index (χ0v) is 9.54. The van der Waals surface area contributed by atoms with Crippen molar-refractivity contribution in [3.63, 3.8) is 0 Å². The van der Waals surface area contributed by atoms with E-state index in [-0.39, 0.29) is 18.2 Å². The van der Waals surface area contributed by atoms with Crippen molar-refractivity contribution in [3.8, 4) is 0 Å². The van der Waals surface area contributed by atoms with Gasteiger partial charge in [-0.3, -0.25) is 4.90 Å². The van der Waals surface area contributed by atoms with E-state index in [9.17, 15) is 5.11 Å². The van der Waals surface area contributed by atoms with Crippen LogP contribution < -0.4 is 5.32 Å². The van der Waals surface area contributed by atoms with E-state index in [1.807, 2.05) is 0 Å². The van der Waals surface area contributed by atoms with Crippen LogP contribution in [0.25, 0.3) is 0 Å². The Kier molecular flexibility index (Phi) is 3.61. The number of nitrogens with zero attached hydrogens (tertiary/aromatic N) is 1. The Bertz CT molecular complexity index is 207. The molecule has 88 valence electrons. The van der Waals surface area contributed by atoms with E-state index in [1.165, 1.54) is 0 Å². The van der Waals surface area contributed by atoms with Crippen LogP contribution in [-0.4, -0.2) is 61.0 Å². The molecule has 0 aliphatic carbocycles. The van der Waals surface area contributed by atoms with Crippen molar-refractivity contribution in [2.24, 2.45) is 0 Å². The number of nitrogens with one attached hydrogen (secondary N) is 1. The second-order valence-corrected chi connectivity index (χ2v) is 4.76. The van der Waals surface area contributed by atoms with Crippen molar-refractivity contribution in [2.45, 2.75) is 31.4 Å². The van der Waals surface area contributed by atoms with Crippen LogP contribution in [0.2, 0.25) is 0 Å². The van der Waals surface area contributed by atoms with Crippen LogP contribution in [0.5, 0.6) is 0 Å². The Morgan fingerprint density at radius 3 is 2.80 bits per heavy atom. The monoisotopic (exact) mass is 214 g/mol. The van der Waals surface area contributed by atoms with Crippen molar-refractivity contribution in [1.29, 1.82) is 0 Å². The molecule has 0 spiro atoms. The van der Waals surface area contributed by atoms with Crippen LogP contribution in [0, 0.1) is 0 Å². The molecule has 15 heavy (non-hydrogen) atoms. The van der Waals surface area contributed by atoms with Gasteiger partial charge in [-0.05, 0) is 19.8 Å². The fraction of sp³-hybridized carbons (Fsp3) is 1.00. The molecule has 0 aromatic heterocycles. The van der Waals surface area contributed by atoms with Crippen LogP contribution in [0.15, 0.2) is 0 Å². The molecule has 2 atom stereocenters. The Morgan fingerprint density at radius 1 is 1.47 bits per heavy atom. The number of hydrogen-bond acceptors (Lipinski definition) is 4. The Hall–Kier alpha value is -0.160. The van der Waals surface area contributed by atoms with E-state index >= 15 is 0 Å². The number of rotatable bonds is 2. The maximum Gasteiger partial charge on any atom is 0.0617 e. The molecular weight excluding hydrogens is 192 g/mol. The lowest BCUT2D eigenvalue weighted by atomic mass is 9.85. The van der Waals surface area contributed by atoms with Gasteiger partial charge in [-0.1, -0.05) is 0 Å². The average molecular weight is 214 g/mol. The number of hydrogen-bond donors (Lipinski definition) is 2. The summed E-state index contributed by atoms with van der Waals surface area (Å²) >= 11 is 0. The number of ether oxygens (including phenoxy) is 1. The third-order valence-corrected chi connectivity index (χ3v) is 3.72. The van der Waals surface area contributed by atoms with Gasteiger partial charge >= 0.3 is 0 Å². The highest BCUT2D eigenvalue weighted by atomic mass is 16.5. The van der Waals surface area contributed by atoms with Gasteiger partial charge in [-0.15, -0.1) is 0 Å². The molecule has 2 rings (SSSR count). The summed E-state index contributed by atoms with van der Waals surface area (Å²) in [5.41, 5.74) is -0.0141. The molecule has 2 aliphatic heterocycles. The van der Waals surface area contributed by atoms with E-state index in [1.54, 1.807) is 0 Å². The van der Waals surface area contributed by atoms with Gasteiger partial charge in [0.15, 0.2) is 0 Å². The van der Waals surface area contributed by atoms with Crippen molar-refractivity contribution in [1.82, 2.24) is 10.2 Å². The zero-order chi connectivity index (χ0) is 10.7. The molecule has 2 fully saturated rings. The summed E-state index contributed by atoms with van der Waals surface area (Å²) in [4.78, 5) is 2.45.